The first-order chi connectivity index (χ1) is 12.7. The summed E-state index contributed by atoms with van der Waals surface area (Å²) >= 11 is 0. The molecule has 4 rings (SSSR count). The molecular formula is C18H19N5O3. The van der Waals surface area contributed by atoms with E-state index in [0.717, 1.165) is 5.69 Å². The van der Waals surface area contributed by atoms with Crippen LogP contribution in [-0.2, 0) is 20.7 Å². The molecule has 26 heavy (non-hydrogen) atoms. The summed E-state index contributed by atoms with van der Waals surface area (Å²) in [7, 11) is 0. The lowest BCUT2D eigenvalue weighted by Gasteiger charge is -2.19. The van der Waals surface area contributed by atoms with Crippen LogP contribution < -0.4 is 5.32 Å². The summed E-state index contributed by atoms with van der Waals surface area (Å²) in [5.74, 6) is -0.0112. The van der Waals surface area contributed by atoms with Gasteiger partial charge in [-0.3, -0.25) is 19.6 Å². The smallest absolute Gasteiger partial charge is 0.231 e. The summed E-state index contributed by atoms with van der Waals surface area (Å²) in [6.07, 6.45) is 6.42. The lowest BCUT2D eigenvalue weighted by molar-refractivity contribution is -0.131. The van der Waals surface area contributed by atoms with Crippen LogP contribution in [0.3, 0.4) is 0 Å². The van der Waals surface area contributed by atoms with Crippen LogP contribution in [0.15, 0.2) is 43.0 Å². The minimum atomic E-state index is -0.297. The van der Waals surface area contributed by atoms with Crippen LogP contribution in [0.2, 0.25) is 0 Å². The van der Waals surface area contributed by atoms with E-state index >= 15 is 0 Å². The number of likely N-dealkylation sites (tertiary alicyclic amines) is 1. The van der Waals surface area contributed by atoms with Crippen LogP contribution in [0.1, 0.15) is 5.69 Å². The fourth-order valence-corrected chi connectivity index (χ4v) is 3.54. The minimum Gasteiger partial charge on any atom is -0.375 e. The number of nitrogens with zero attached hydrogens (tertiary/aromatic N) is 4. The van der Waals surface area contributed by atoms with Crippen LogP contribution in [0.25, 0.3) is 0 Å². The number of nitrogens with one attached hydrogen (secondary N) is 1. The fraction of sp³-hybridized carbons (Fsp3) is 0.389. The maximum absolute atomic E-state index is 12.6. The third-order valence-corrected chi connectivity index (χ3v) is 4.88. The summed E-state index contributed by atoms with van der Waals surface area (Å²) in [6.45, 7) is 1.41. The van der Waals surface area contributed by atoms with Gasteiger partial charge in [0.15, 0.2) is 5.82 Å². The molecule has 2 fully saturated rings. The molecule has 2 amide bonds. The number of carbonyl (C=O) groups is 2. The number of aromatic nitrogens is 3. The maximum atomic E-state index is 12.6. The van der Waals surface area contributed by atoms with Crippen molar-refractivity contribution in [1.82, 2.24) is 19.9 Å². The van der Waals surface area contributed by atoms with E-state index in [-0.39, 0.29) is 36.2 Å². The zero-order chi connectivity index (χ0) is 17.9. The minimum absolute atomic E-state index is 0.000598. The molecule has 2 saturated heterocycles. The number of ether oxygens (including phenoxy) is 1. The Balaban J connectivity index is 1.37. The van der Waals surface area contributed by atoms with Gasteiger partial charge in [0.1, 0.15) is 0 Å². The second kappa shape index (κ2) is 7.17. The highest BCUT2D eigenvalue weighted by Gasteiger charge is 2.48. The van der Waals surface area contributed by atoms with Crippen molar-refractivity contribution in [3.8, 4) is 0 Å². The number of hydrogen-bond acceptors (Lipinski definition) is 6. The van der Waals surface area contributed by atoms with Crippen LogP contribution in [-0.4, -0.2) is 57.5 Å². The second-order valence-corrected chi connectivity index (χ2v) is 6.52. The second-order valence-electron chi connectivity index (χ2n) is 6.52. The van der Waals surface area contributed by atoms with Crippen molar-refractivity contribution in [2.75, 3.05) is 25.0 Å². The number of hydrogen-bond donors (Lipinski definition) is 1. The van der Waals surface area contributed by atoms with Crippen LogP contribution in [0.5, 0.6) is 0 Å². The number of carbonyl (C=O) groups excluding carboxylic acids is 2. The van der Waals surface area contributed by atoms with E-state index in [1.54, 1.807) is 17.3 Å². The molecule has 134 valence electrons. The van der Waals surface area contributed by atoms with Gasteiger partial charge < -0.3 is 15.0 Å². The summed E-state index contributed by atoms with van der Waals surface area (Å²) in [6, 6.07) is 5.52. The van der Waals surface area contributed by atoms with Crippen LogP contribution in [0.4, 0.5) is 5.82 Å². The van der Waals surface area contributed by atoms with Gasteiger partial charge in [-0.05, 0) is 12.1 Å². The standard InChI is InChI=1S/C18H19N5O3/c24-17(7-12-3-1-2-4-20-12)23-9-13-14(11-26-15(13)10-23)18(25)22-16-8-19-5-6-21-16/h1-6,8,13-15H,7,9-11H2,(H,21,22,25). The molecule has 0 bridgehead atoms. The van der Waals surface area contributed by atoms with Crippen molar-refractivity contribution in [3.63, 3.8) is 0 Å². The Morgan fingerprint density at radius 1 is 1.19 bits per heavy atom. The molecule has 0 saturated carbocycles. The molecule has 2 aliphatic rings. The van der Waals surface area contributed by atoms with Crippen molar-refractivity contribution >= 4 is 17.6 Å². The van der Waals surface area contributed by atoms with Gasteiger partial charge in [-0.1, -0.05) is 6.07 Å². The Labute approximate surface area is 150 Å². The van der Waals surface area contributed by atoms with Gasteiger partial charge in [-0.25, -0.2) is 4.98 Å². The Hall–Kier alpha value is -2.87. The molecule has 8 nitrogen and oxygen atoms in total. The van der Waals surface area contributed by atoms with E-state index in [2.05, 4.69) is 20.3 Å². The van der Waals surface area contributed by atoms with Gasteiger partial charge >= 0.3 is 0 Å². The normalized spacial score (nSPS) is 24.3. The van der Waals surface area contributed by atoms with Crippen molar-refractivity contribution in [2.24, 2.45) is 11.8 Å². The molecule has 2 aromatic rings. The fourth-order valence-electron chi connectivity index (χ4n) is 3.54. The van der Waals surface area contributed by atoms with Crippen molar-refractivity contribution in [2.45, 2.75) is 12.5 Å². The highest BCUT2D eigenvalue weighted by Crippen LogP contribution is 2.34. The molecule has 0 spiro atoms. The summed E-state index contributed by atoms with van der Waals surface area (Å²) < 4.78 is 5.77. The van der Waals surface area contributed by atoms with Crippen molar-refractivity contribution < 1.29 is 14.3 Å². The zero-order valence-electron chi connectivity index (χ0n) is 14.1. The van der Waals surface area contributed by atoms with E-state index in [0.29, 0.717) is 25.5 Å². The summed E-state index contributed by atoms with van der Waals surface area (Å²) in [4.78, 5) is 39.0. The van der Waals surface area contributed by atoms with E-state index < -0.39 is 0 Å². The highest BCUT2D eigenvalue weighted by molar-refractivity contribution is 5.92. The first-order valence-corrected chi connectivity index (χ1v) is 8.57. The molecule has 0 aliphatic carbocycles. The molecule has 4 heterocycles. The van der Waals surface area contributed by atoms with Gasteiger partial charge in [0, 0.05) is 43.3 Å². The molecule has 0 radical (unpaired) electrons. The van der Waals surface area contributed by atoms with Gasteiger partial charge in [0.25, 0.3) is 0 Å². The molecule has 2 aliphatic heterocycles. The van der Waals surface area contributed by atoms with Crippen molar-refractivity contribution in [1.29, 1.82) is 0 Å². The summed E-state index contributed by atoms with van der Waals surface area (Å²) in [5.41, 5.74) is 0.743. The average Bonchev–Trinajstić information content (AvgIpc) is 3.24. The number of anilines is 1. The Morgan fingerprint density at radius 3 is 2.88 bits per heavy atom. The SMILES string of the molecule is O=C(Nc1cnccn1)C1COC2CN(C(=O)Cc3ccccn3)CC21. The first-order valence-electron chi connectivity index (χ1n) is 8.57. The molecule has 3 atom stereocenters. The Morgan fingerprint density at radius 2 is 2.12 bits per heavy atom. The molecule has 2 aromatic heterocycles. The molecule has 0 aromatic carbocycles. The van der Waals surface area contributed by atoms with E-state index in [4.69, 9.17) is 4.74 Å². The van der Waals surface area contributed by atoms with E-state index in [1.807, 2.05) is 18.2 Å². The number of fused-ring (bicyclic) bond motifs is 1. The topological polar surface area (TPSA) is 97.3 Å². The molecule has 8 heteroatoms. The van der Waals surface area contributed by atoms with Gasteiger partial charge in [-0.15, -0.1) is 0 Å². The van der Waals surface area contributed by atoms with E-state index in [9.17, 15) is 9.59 Å². The Bertz CT molecular complexity index is 786. The maximum Gasteiger partial charge on any atom is 0.231 e. The number of amides is 2. The van der Waals surface area contributed by atoms with Gasteiger partial charge in [-0.2, -0.15) is 0 Å². The third kappa shape index (κ3) is 3.41. The molecule has 3 unspecified atom stereocenters. The van der Waals surface area contributed by atoms with E-state index in [1.165, 1.54) is 12.4 Å². The lowest BCUT2D eigenvalue weighted by Crippen LogP contribution is -2.35. The predicted molar refractivity (Wildman–Crippen MR) is 91.9 cm³/mol. The average molecular weight is 353 g/mol. The third-order valence-electron chi connectivity index (χ3n) is 4.88. The largest absolute Gasteiger partial charge is 0.375 e. The lowest BCUT2D eigenvalue weighted by atomic mass is 9.92. The number of pyridine rings is 1. The van der Waals surface area contributed by atoms with Gasteiger partial charge in [0.2, 0.25) is 11.8 Å². The predicted octanol–water partition coefficient (Wildman–Crippen LogP) is 0.526. The summed E-state index contributed by atoms with van der Waals surface area (Å²) in [5, 5.41) is 2.77. The number of rotatable bonds is 4. The Kier molecular flexibility index (Phi) is 4.57. The zero-order valence-corrected chi connectivity index (χ0v) is 14.1. The van der Waals surface area contributed by atoms with Crippen LogP contribution >= 0.6 is 0 Å². The monoisotopic (exact) mass is 353 g/mol. The van der Waals surface area contributed by atoms with Gasteiger partial charge in [0.05, 0.1) is 31.2 Å². The molecular weight excluding hydrogens is 334 g/mol. The first kappa shape index (κ1) is 16.6. The van der Waals surface area contributed by atoms with Crippen molar-refractivity contribution in [3.05, 3.63) is 48.7 Å². The molecule has 1 N–H and O–H groups in total. The van der Waals surface area contributed by atoms with Crippen LogP contribution in [0, 0.1) is 11.8 Å². The highest BCUT2D eigenvalue weighted by atomic mass is 16.5. The quantitative estimate of drug-likeness (QED) is 0.861.